The number of likely N-dealkylation sites (tertiary alicyclic amines) is 1. The average Bonchev–Trinajstić information content (AvgIpc) is 2.93. The predicted octanol–water partition coefficient (Wildman–Crippen LogP) is 2.55. The van der Waals surface area contributed by atoms with Crippen molar-refractivity contribution in [3.05, 3.63) is 28.8 Å². The predicted molar refractivity (Wildman–Crippen MR) is 68.0 cm³/mol. The summed E-state index contributed by atoms with van der Waals surface area (Å²) in [7, 11) is 0. The lowest BCUT2D eigenvalue weighted by Crippen LogP contribution is -2.37. The van der Waals surface area contributed by atoms with Crippen LogP contribution in [0, 0.1) is 5.92 Å². The Balaban J connectivity index is 1.84. The van der Waals surface area contributed by atoms with Crippen molar-refractivity contribution in [2.45, 2.75) is 25.3 Å². The quantitative estimate of drug-likeness (QED) is 0.779. The van der Waals surface area contributed by atoms with E-state index in [1.807, 2.05) is 4.90 Å². The Hall–Kier alpha value is -1.22. The standard InChI is InChI=1S/C13H15ClN2O/c14-11-4-2-9(6-12(11)15)13(17)16-7-8-1-3-10(16)5-8/h2,4,6,8,10H,1,3,5,7,15H2. The van der Waals surface area contributed by atoms with E-state index in [0.717, 1.165) is 13.0 Å². The summed E-state index contributed by atoms with van der Waals surface area (Å²) in [4.78, 5) is 14.3. The van der Waals surface area contributed by atoms with Gasteiger partial charge in [-0.25, -0.2) is 0 Å². The van der Waals surface area contributed by atoms with E-state index in [1.54, 1.807) is 18.2 Å². The van der Waals surface area contributed by atoms with Crippen LogP contribution >= 0.6 is 11.6 Å². The number of halogens is 1. The minimum atomic E-state index is 0.0977. The first-order chi connectivity index (χ1) is 8.15. The highest BCUT2D eigenvalue weighted by molar-refractivity contribution is 6.33. The van der Waals surface area contributed by atoms with Crippen LogP contribution in [0.1, 0.15) is 29.6 Å². The number of amides is 1. The number of hydrogen-bond acceptors (Lipinski definition) is 2. The monoisotopic (exact) mass is 250 g/mol. The Kier molecular flexibility index (Phi) is 2.51. The Morgan fingerprint density at radius 3 is 2.82 bits per heavy atom. The van der Waals surface area contributed by atoms with E-state index in [-0.39, 0.29) is 5.91 Å². The summed E-state index contributed by atoms with van der Waals surface area (Å²) in [6, 6.07) is 5.58. The lowest BCUT2D eigenvalue weighted by atomic mass is 10.1. The summed E-state index contributed by atoms with van der Waals surface area (Å²) in [6.45, 7) is 0.909. The number of nitrogens with two attached hydrogens (primary N) is 1. The van der Waals surface area contributed by atoms with Crippen LogP contribution < -0.4 is 5.73 Å². The molecule has 1 amide bonds. The molecular weight excluding hydrogens is 236 g/mol. The van der Waals surface area contributed by atoms with E-state index in [4.69, 9.17) is 17.3 Å². The van der Waals surface area contributed by atoms with E-state index in [1.165, 1.54) is 12.8 Å². The SMILES string of the molecule is Nc1cc(C(=O)N2CC3CCC2C3)ccc1Cl. The number of benzene rings is 1. The van der Waals surface area contributed by atoms with Crippen LogP contribution in [-0.4, -0.2) is 23.4 Å². The van der Waals surface area contributed by atoms with Crippen molar-refractivity contribution in [1.82, 2.24) is 4.90 Å². The molecule has 3 rings (SSSR count). The summed E-state index contributed by atoms with van der Waals surface area (Å²) in [5.41, 5.74) is 6.86. The second-order valence-electron chi connectivity index (χ2n) is 5.03. The second kappa shape index (κ2) is 3.91. The lowest BCUT2D eigenvalue weighted by Gasteiger charge is -2.27. The van der Waals surface area contributed by atoms with Crippen molar-refractivity contribution in [2.24, 2.45) is 5.92 Å². The van der Waals surface area contributed by atoms with Gasteiger partial charge in [0.1, 0.15) is 0 Å². The van der Waals surface area contributed by atoms with Gasteiger partial charge in [0.2, 0.25) is 0 Å². The molecule has 0 radical (unpaired) electrons. The van der Waals surface area contributed by atoms with Crippen LogP contribution in [0.5, 0.6) is 0 Å². The van der Waals surface area contributed by atoms with Crippen molar-refractivity contribution >= 4 is 23.2 Å². The molecule has 1 heterocycles. The van der Waals surface area contributed by atoms with Crippen LogP contribution in [-0.2, 0) is 0 Å². The van der Waals surface area contributed by atoms with Crippen LogP contribution in [0.2, 0.25) is 5.02 Å². The van der Waals surface area contributed by atoms with Crippen molar-refractivity contribution in [2.75, 3.05) is 12.3 Å². The zero-order valence-electron chi connectivity index (χ0n) is 9.53. The molecule has 17 heavy (non-hydrogen) atoms. The molecule has 1 saturated heterocycles. The highest BCUT2D eigenvalue weighted by atomic mass is 35.5. The van der Waals surface area contributed by atoms with Crippen molar-refractivity contribution < 1.29 is 4.79 Å². The van der Waals surface area contributed by atoms with E-state index >= 15 is 0 Å². The fraction of sp³-hybridized carbons (Fsp3) is 0.462. The average molecular weight is 251 g/mol. The molecule has 2 aliphatic rings. The Morgan fingerprint density at radius 1 is 1.41 bits per heavy atom. The number of carbonyl (C=O) groups is 1. The Labute approximate surface area is 106 Å². The largest absolute Gasteiger partial charge is 0.398 e. The smallest absolute Gasteiger partial charge is 0.254 e. The zero-order valence-corrected chi connectivity index (χ0v) is 10.3. The molecule has 2 atom stereocenters. The second-order valence-corrected chi connectivity index (χ2v) is 5.43. The molecule has 2 fully saturated rings. The van der Waals surface area contributed by atoms with Gasteiger partial charge in [0.15, 0.2) is 0 Å². The Morgan fingerprint density at radius 2 is 2.24 bits per heavy atom. The highest BCUT2D eigenvalue weighted by Gasteiger charge is 2.40. The number of fused-ring (bicyclic) bond motifs is 2. The molecule has 0 aromatic heterocycles. The molecule has 0 spiro atoms. The number of anilines is 1. The summed E-state index contributed by atoms with van der Waals surface area (Å²) >= 11 is 5.86. The molecule has 3 nitrogen and oxygen atoms in total. The summed E-state index contributed by atoms with van der Waals surface area (Å²) in [5.74, 6) is 0.814. The Bertz CT molecular complexity index is 474. The molecule has 2 bridgehead atoms. The molecule has 90 valence electrons. The molecule has 1 saturated carbocycles. The van der Waals surface area contributed by atoms with Gasteiger partial charge in [0.05, 0.1) is 10.7 Å². The summed E-state index contributed by atoms with van der Waals surface area (Å²) < 4.78 is 0. The minimum absolute atomic E-state index is 0.0977. The molecule has 1 aromatic rings. The van der Waals surface area contributed by atoms with Gasteiger partial charge in [-0.2, -0.15) is 0 Å². The highest BCUT2D eigenvalue weighted by Crippen LogP contribution is 2.38. The maximum atomic E-state index is 12.3. The molecule has 1 aliphatic carbocycles. The first kappa shape index (κ1) is 10.9. The normalized spacial score (nSPS) is 26.5. The van der Waals surface area contributed by atoms with Gasteiger partial charge in [-0.05, 0) is 43.4 Å². The fourth-order valence-corrected chi connectivity index (χ4v) is 3.13. The minimum Gasteiger partial charge on any atom is -0.398 e. The number of nitrogen functional groups attached to an aromatic ring is 1. The van der Waals surface area contributed by atoms with Gasteiger partial charge in [-0.3, -0.25) is 4.79 Å². The molecule has 2 unspecified atom stereocenters. The van der Waals surface area contributed by atoms with Crippen LogP contribution in [0.3, 0.4) is 0 Å². The van der Waals surface area contributed by atoms with Gasteiger partial charge in [-0.1, -0.05) is 11.6 Å². The van der Waals surface area contributed by atoms with Gasteiger partial charge in [0.25, 0.3) is 5.91 Å². The van der Waals surface area contributed by atoms with Crippen molar-refractivity contribution in [1.29, 1.82) is 0 Å². The first-order valence-corrected chi connectivity index (χ1v) is 6.39. The van der Waals surface area contributed by atoms with Crippen LogP contribution in [0.25, 0.3) is 0 Å². The molecule has 4 heteroatoms. The van der Waals surface area contributed by atoms with Crippen molar-refractivity contribution in [3.8, 4) is 0 Å². The molecule has 2 N–H and O–H groups in total. The summed E-state index contributed by atoms with van der Waals surface area (Å²) in [5, 5.41) is 0.504. The third kappa shape index (κ3) is 1.78. The van der Waals surface area contributed by atoms with E-state index in [9.17, 15) is 4.79 Å². The van der Waals surface area contributed by atoms with Crippen LogP contribution in [0.15, 0.2) is 18.2 Å². The van der Waals surface area contributed by atoms with Gasteiger partial charge in [0, 0.05) is 18.2 Å². The third-order valence-electron chi connectivity index (χ3n) is 3.91. The zero-order chi connectivity index (χ0) is 12.0. The third-order valence-corrected chi connectivity index (χ3v) is 4.26. The maximum absolute atomic E-state index is 12.3. The van der Waals surface area contributed by atoms with E-state index in [0.29, 0.717) is 28.2 Å². The molecular formula is C13H15ClN2O. The van der Waals surface area contributed by atoms with Gasteiger partial charge >= 0.3 is 0 Å². The molecule has 1 aromatic carbocycles. The van der Waals surface area contributed by atoms with Crippen LogP contribution in [0.4, 0.5) is 5.69 Å². The van der Waals surface area contributed by atoms with E-state index < -0.39 is 0 Å². The number of hydrogen-bond donors (Lipinski definition) is 1. The number of rotatable bonds is 1. The maximum Gasteiger partial charge on any atom is 0.254 e. The van der Waals surface area contributed by atoms with E-state index in [2.05, 4.69) is 0 Å². The summed E-state index contributed by atoms with van der Waals surface area (Å²) in [6.07, 6.45) is 3.60. The number of carbonyl (C=O) groups excluding carboxylic acids is 1. The van der Waals surface area contributed by atoms with Crippen molar-refractivity contribution in [3.63, 3.8) is 0 Å². The topological polar surface area (TPSA) is 46.3 Å². The van der Waals surface area contributed by atoms with Gasteiger partial charge in [-0.15, -0.1) is 0 Å². The van der Waals surface area contributed by atoms with Gasteiger partial charge < -0.3 is 10.6 Å². The lowest BCUT2D eigenvalue weighted by molar-refractivity contribution is 0.0703. The number of piperidine rings is 1. The number of nitrogens with zero attached hydrogens (tertiary/aromatic N) is 1. The first-order valence-electron chi connectivity index (χ1n) is 6.01. The molecule has 1 aliphatic heterocycles. The fourth-order valence-electron chi connectivity index (χ4n) is 3.02.